The van der Waals surface area contributed by atoms with E-state index in [0.29, 0.717) is 43.1 Å². The van der Waals surface area contributed by atoms with Gasteiger partial charge in [-0.25, -0.2) is 0 Å². The van der Waals surface area contributed by atoms with Crippen LogP contribution in [0.1, 0.15) is 50.4 Å². The summed E-state index contributed by atoms with van der Waals surface area (Å²) in [6.07, 6.45) is 2.38. The van der Waals surface area contributed by atoms with Crippen molar-refractivity contribution >= 4 is 23.4 Å². The number of amides is 3. The number of likely N-dealkylation sites (tertiary alicyclic amines) is 1. The van der Waals surface area contributed by atoms with Gasteiger partial charge in [-0.1, -0.05) is 13.8 Å². The van der Waals surface area contributed by atoms with Crippen molar-refractivity contribution in [1.82, 2.24) is 10.2 Å². The van der Waals surface area contributed by atoms with Crippen LogP contribution < -0.4 is 10.6 Å². The van der Waals surface area contributed by atoms with Crippen molar-refractivity contribution in [3.05, 3.63) is 29.8 Å². The van der Waals surface area contributed by atoms with Crippen molar-refractivity contribution in [2.75, 3.05) is 25.0 Å². The minimum Gasteiger partial charge on any atom is -0.356 e. The van der Waals surface area contributed by atoms with Gasteiger partial charge in [0.25, 0.3) is 5.91 Å². The zero-order valence-electron chi connectivity index (χ0n) is 15.9. The number of rotatable bonds is 6. The van der Waals surface area contributed by atoms with Crippen molar-refractivity contribution in [1.29, 1.82) is 0 Å². The molecule has 0 aromatic heterocycles. The third kappa shape index (κ3) is 5.86. The molecule has 2 rings (SSSR count). The van der Waals surface area contributed by atoms with Gasteiger partial charge in [0.2, 0.25) is 11.8 Å². The maximum Gasteiger partial charge on any atom is 0.253 e. The summed E-state index contributed by atoms with van der Waals surface area (Å²) in [6, 6.07) is 6.89. The Kier molecular flexibility index (Phi) is 7.18. The maximum absolute atomic E-state index is 12.6. The Morgan fingerprint density at radius 1 is 1.12 bits per heavy atom. The smallest absolute Gasteiger partial charge is 0.253 e. The number of piperidine rings is 1. The van der Waals surface area contributed by atoms with Crippen molar-refractivity contribution in [2.24, 2.45) is 11.8 Å². The molecule has 1 aromatic rings. The van der Waals surface area contributed by atoms with Crippen LogP contribution in [0.3, 0.4) is 0 Å². The zero-order valence-corrected chi connectivity index (χ0v) is 15.9. The molecular weight excluding hydrogens is 330 g/mol. The van der Waals surface area contributed by atoms with Crippen LogP contribution in [0.4, 0.5) is 5.69 Å². The lowest BCUT2D eigenvalue weighted by Gasteiger charge is -2.31. The van der Waals surface area contributed by atoms with Gasteiger partial charge in [-0.2, -0.15) is 0 Å². The van der Waals surface area contributed by atoms with E-state index in [2.05, 4.69) is 24.5 Å². The van der Waals surface area contributed by atoms with Gasteiger partial charge in [-0.3, -0.25) is 14.4 Å². The van der Waals surface area contributed by atoms with E-state index in [1.807, 2.05) is 0 Å². The number of hydrogen-bond donors (Lipinski definition) is 2. The second-order valence-electron chi connectivity index (χ2n) is 7.30. The number of anilines is 1. The monoisotopic (exact) mass is 359 g/mol. The topological polar surface area (TPSA) is 78.5 Å². The lowest BCUT2D eigenvalue weighted by molar-refractivity contribution is -0.126. The second kappa shape index (κ2) is 9.36. The van der Waals surface area contributed by atoms with Crippen LogP contribution in [0.15, 0.2) is 24.3 Å². The first-order valence-electron chi connectivity index (χ1n) is 9.31. The molecule has 1 aliphatic heterocycles. The first-order valence-corrected chi connectivity index (χ1v) is 9.31. The summed E-state index contributed by atoms with van der Waals surface area (Å²) in [4.78, 5) is 37.6. The van der Waals surface area contributed by atoms with Gasteiger partial charge >= 0.3 is 0 Å². The normalized spacial score (nSPS) is 15.0. The Morgan fingerprint density at radius 2 is 1.73 bits per heavy atom. The molecule has 6 nitrogen and oxygen atoms in total. The summed E-state index contributed by atoms with van der Waals surface area (Å²) < 4.78 is 0. The minimum atomic E-state index is -0.141. The standard InChI is InChI=1S/C20H29N3O3/c1-14(2)8-11-21-19(25)16-9-12-23(13-10-16)20(26)17-4-6-18(7-5-17)22-15(3)24/h4-7,14,16H,8-13H2,1-3H3,(H,21,25)(H,22,24). The fraction of sp³-hybridized carbons (Fsp3) is 0.550. The van der Waals surface area contributed by atoms with E-state index in [4.69, 9.17) is 0 Å². The molecule has 1 aromatic carbocycles. The van der Waals surface area contributed by atoms with Gasteiger partial charge in [0.1, 0.15) is 0 Å². The van der Waals surface area contributed by atoms with E-state index in [9.17, 15) is 14.4 Å². The lowest BCUT2D eigenvalue weighted by atomic mass is 9.95. The lowest BCUT2D eigenvalue weighted by Crippen LogP contribution is -2.43. The number of hydrogen-bond acceptors (Lipinski definition) is 3. The molecule has 1 saturated heterocycles. The van der Waals surface area contributed by atoms with E-state index in [0.717, 1.165) is 13.0 Å². The number of nitrogens with one attached hydrogen (secondary N) is 2. The molecule has 142 valence electrons. The van der Waals surface area contributed by atoms with Crippen LogP contribution in [0.5, 0.6) is 0 Å². The van der Waals surface area contributed by atoms with Crippen molar-refractivity contribution in [3.63, 3.8) is 0 Å². The van der Waals surface area contributed by atoms with Crippen molar-refractivity contribution in [2.45, 2.75) is 40.0 Å². The predicted molar refractivity (Wildman–Crippen MR) is 102 cm³/mol. The summed E-state index contributed by atoms with van der Waals surface area (Å²) >= 11 is 0. The van der Waals surface area contributed by atoms with E-state index in [1.54, 1.807) is 29.2 Å². The fourth-order valence-corrected chi connectivity index (χ4v) is 3.06. The minimum absolute atomic E-state index is 0.00615. The molecule has 0 radical (unpaired) electrons. The molecular formula is C20H29N3O3. The summed E-state index contributed by atoms with van der Waals surface area (Å²) in [6.45, 7) is 7.62. The van der Waals surface area contributed by atoms with Gasteiger partial charge in [0, 0.05) is 43.7 Å². The molecule has 2 N–H and O–H groups in total. The highest BCUT2D eigenvalue weighted by atomic mass is 16.2. The summed E-state index contributed by atoms with van der Waals surface area (Å²) in [7, 11) is 0. The van der Waals surface area contributed by atoms with Crippen LogP contribution in [-0.4, -0.2) is 42.3 Å². The first kappa shape index (κ1) is 19.9. The van der Waals surface area contributed by atoms with Gasteiger partial charge in [-0.05, 0) is 49.4 Å². The molecule has 0 atom stereocenters. The zero-order chi connectivity index (χ0) is 19.1. The number of benzene rings is 1. The highest BCUT2D eigenvalue weighted by molar-refractivity contribution is 5.95. The molecule has 0 aliphatic carbocycles. The third-order valence-corrected chi connectivity index (χ3v) is 4.63. The summed E-state index contributed by atoms with van der Waals surface area (Å²) in [5.74, 6) is 0.508. The predicted octanol–water partition coefficient (Wildman–Crippen LogP) is 2.66. The molecule has 6 heteroatoms. The van der Waals surface area contributed by atoms with Crippen LogP contribution in [0, 0.1) is 11.8 Å². The van der Waals surface area contributed by atoms with Gasteiger partial charge in [0.05, 0.1) is 0 Å². The Hall–Kier alpha value is -2.37. The van der Waals surface area contributed by atoms with Gasteiger partial charge in [0.15, 0.2) is 0 Å². The quantitative estimate of drug-likeness (QED) is 0.820. The molecule has 0 saturated carbocycles. The van der Waals surface area contributed by atoms with Crippen LogP contribution in [-0.2, 0) is 9.59 Å². The molecule has 3 amide bonds. The Balaban J connectivity index is 1.82. The maximum atomic E-state index is 12.6. The largest absolute Gasteiger partial charge is 0.356 e. The Bertz CT molecular complexity index is 632. The summed E-state index contributed by atoms with van der Waals surface area (Å²) in [5, 5.41) is 5.69. The van der Waals surface area contributed by atoms with E-state index < -0.39 is 0 Å². The molecule has 26 heavy (non-hydrogen) atoms. The average molecular weight is 359 g/mol. The van der Waals surface area contributed by atoms with E-state index in [1.165, 1.54) is 6.92 Å². The molecule has 1 heterocycles. The van der Waals surface area contributed by atoms with Crippen LogP contribution in [0.25, 0.3) is 0 Å². The average Bonchev–Trinajstić information content (AvgIpc) is 2.61. The Labute approximate surface area is 155 Å². The van der Waals surface area contributed by atoms with E-state index in [-0.39, 0.29) is 23.6 Å². The number of carbonyl (C=O) groups is 3. The fourth-order valence-electron chi connectivity index (χ4n) is 3.06. The highest BCUT2D eigenvalue weighted by Gasteiger charge is 2.27. The first-order chi connectivity index (χ1) is 12.4. The second-order valence-corrected chi connectivity index (χ2v) is 7.30. The van der Waals surface area contributed by atoms with Gasteiger partial charge in [-0.15, -0.1) is 0 Å². The SMILES string of the molecule is CC(=O)Nc1ccc(C(=O)N2CCC(C(=O)NCCC(C)C)CC2)cc1. The number of nitrogens with zero attached hydrogens (tertiary/aromatic N) is 1. The molecule has 0 unspecified atom stereocenters. The molecule has 1 aliphatic rings. The molecule has 0 spiro atoms. The molecule has 0 bridgehead atoms. The third-order valence-electron chi connectivity index (χ3n) is 4.63. The van der Waals surface area contributed by atoms with Crippen LogP contribution in [0.2, 0.25) is 0 Å². The van der Waals surface area contributed by atoms with Crippen molar-refractivity contribution in [3.8, 4) is 0 Å². The highest BCUT2D eigenvalue weighted by Crippen LogP contribution is 2.20. The summed E-state index contributed by atoms with van der Waals surface area (Å²) in [5.41, 5.74) is 1.27. The number of carbonyl (C=O) groups excluding carboxylic acids is 3. The van der Waals surface area contributed by atoms with E-state index >= 15 is 0 Å². The van der Waals surface area contributed by atoms with Crippen molar-refractivity contribution < 1.29 is 14.4 Å². The Morgan fingerprint density at radius 3 is 2.27 bits per heavy atom. The molecule has 1 fully saturated rings. The van der Waals surface area contributed by atoms with Gasteiger partial charge < -0.3 is 15.5 Å². The van der Waals surface area contributed by atoms with Crippen LogP contribution >= 0.6 is 0 Å².